The van der Waals surface area contributed by atoms with Gasteiger partial charge < -0.3 is 15.2 Å². The van der Waals surface area contributed by atoms with Crippen molar-refractivity contribution in [3.05, 3.63) is 29.6 Å². The molecule has 0 atom stereocenters. The van der Waals surface area contributed by atoms with Gasteiger partial charge in [0.05, 0.1) is 7.11 Å². The van der Waals surface area contributed by atoms with E-state index < -0.39 is 12.0 Å². The van der Waals surface area contributed by atoms with E-state index in [1.54, 1.807) is 0 Å². The van der Waals surface area contributed by atoms with Crippen LogP contribution >= 0.6 is 0 Å². The molecule has 0 unspecified atom stereocenters. The van der Waals surface area contributed by atoms with Crippen molar-refractivity contribution in [3.8, 4) is 5.75 Å². The van der Waals surface area contributed by atoms with E-state index in [1.807, 2.05) is 0 Å². The Labute approximate surface area is 80.4 Å². The van der Waals surface area contributed by atoms with Crippen molar-refractivity contribution in [2.45, 2.75) is 6.54 Å². The van der Waals surface area contributed by atoms with Gasteiger partial charge in [-0.15, -0.1) is 0 Å². The van der Waals surface area contributed by atoms with E-state index in [9.17, 15) is 9.18 Å². The number of carbonyl (C=O) groups excluding carboxylic acids is 1. The lowest BCUT2D eigenvalue weighted by Gasteiger charge is -2.06. The van der Waals surface area contributed by atoms with Crippen LogP contribution < -0.4 is 10.5 Å². The van der Waals surface area contributed by atoms with Crippen LogP contribution in [0.25, 0.3) is 0 Å². The Kier molecular flexibility index (Phi) is 3.41. The Hall–Kier alpha value is -1.62. The van der Waals surface area contributed by atoms with Crippen LogP contribution in [0.3, 0.4) is 0 Å². The lowest BCUT2D eigenvalue weighted by atomic mass is 10.2. The Morgan fingerprint density at radius 3 is 2.86 bits per heavy atom. The van der Waals surface area contributed by atoms with Gasteiger partial charge in [-0.05, 0) is 18.2 Å². The second kappa shape index (κ2) is 4.57. The molecule has 0 saturated heterocycles. The van der Waals surface area contributed by atoms with Crippen LogP contribution in [-0.4, -0.2) is 13.3 Å². The second-order valence-corrected chi connectivity index (χ2v) is 2.51. The lowest BCUT2D eigenvalue weighted by molar-refractivity contribution is 0.121. The van der Waals surface area contributed by atoms with E-state index in [0.29, 0.717) is 5.56 Å². The summed E-state index contributed by atoms with van der Waals surface area (Å²) < 4.78 is 21.7. The van der Waals surface area contributed by atoms with Gasteiger partial charge in [0, 0.05) is 12.1 Å². The fourth-order valence-electron chi connectivity index (χ4n) is 0.939. The molecule has 0 bridgehead atoms. The SMILES string of the molecule is COC(=O)Oc1ccc(F)cc1CN. The summed E-state index contributed by atoms with van der Waals surface area (Å²) in [6.07, 6.45) is -0.855. The van der Waals surface area contributed by atoms with Crippen molar-refractivity contribution < 1.29 is 18.7 Å². The first-order chi connectivity index (χ1) is 6.67. The highest BCUT2D eigenvalue weighted by atomic mass is 19.1. The van der Waals surface area contributed by atoms with Gasteiger partial charge >= 0.3 is 6.16 Å². The molecule has 1 rings (SSSR count). The Bertz CT molecular complexity index is 341. The summed E-state index contributed by atoms with van der Waals surface area (Å²) in [5.41, 5.74) is 5.75. The molecule has 0 amide bonds. The number of nitrogens with two attached hydrogens (primary N) is 1. The maximum Gasteiger partial charge on any atom is 0.513 e. The van der Waals surface area contributed by atoms with Gasteiger partial charge in [0.25, 0.3) is 0 Å². The third-order valence-electron chi connectivity index (χ3n) is 1.60. The molecule has 76 valence electrons. The van der Waals surface area contributed by atoms with Crippen LogP contribution in [0.1, 0.15) is 5.56 Å². The lowest BCUT2D eigenvalue weighted by Crippen LogP contribution is -2.10. The Balaban J connectivity index is 2.90. The average molecular weight is 199 g/mol. The van der Waals surface area contributed by atoms with Gasteiger partial charge in [0.1, 0.15) is 11.6 Å². The van der Waals surface area contributed by atoms with Crippen molar-refractivity contribution in [1.82, 2.24) is 0 Å². The summed E-state index contributed by atoms with van der Waals surface area (Å²) in [7, 11) is 1.19. The topological polar surface area (TPSA) is 61.5 Å². The predicted octanol–water partition coefficient (Wildman–Crippen LogP) is 1.43. The first kappa shape index (κ1) is 10.5. The minimum atomic E-state index is -0.855. The van der Waals surface area contributed by atoms with Gasteiger partial charge in [0.2, 0.25) is 0 Å². The van der Waals surface area contributed by atoms with Crippen molar-refractivity contribution in [3.63, 3.8) is 0 Å². The van der Waals surface area contributed by atoms with Gasteiger partial charge in [-0.1, -0.05) is 0 Å². The maximum absolute atomic E-state index is 12.7. The molecule has 0 radical (unpaired) electrons. The van der Waals surface area contributed by atoms with Crippen LogP contribution in [-0.2, 0) is 11.3 Å². The predicted molar refractivity (Wildman–Crippen MR) is 47.3 cm³/mol. The molecule has 14 heavy (non-hydrogen) atoms. The number of ether oxygens (including phenoxy) is 2. The molecule has 0 aliphatic carbocycles. The van der Waals surface area contributed by atoms with Crippen LogP contribution in [0, 0.1) is 5.82 Å². The van der Waals surface area contributed by atoms with E-state index in [0.717, 1.165) is 0 Å². The molecule has 0 aliphatic rings. The summed E-state index contributed by atoms with van der Waals surface area (Å²) in [5, 5.41) is 0. The smallest absolute Gasteiger partial charge is 0.437 e. The third kappa shape index (κ3) is 2.43. The van der Waals surface area contributed by atoms with Crippen LogP contribution in [0.5, 0.6) is 5.75 Å². The zero-order valence-electron chi connectivity index (χ0n) is 7.62. The largest absolute Gasteiger partial charge is 0.513 e. The molecule has 4 nitrogen and oxygen atoms in total. The molecule has 0 fully saturated rings. The van der Waals surface area contributed by atoms with Gasteiger partial charge in [-0.3, -0.25) is 0 Å². The van der Waals surface area contributed by atoms with Gasteiger partial charge in [-0.25, -0.2) is 9.18 Å². The molecule has 0 heterocycles. The fourth-order valence-corrected chi connectivity index (χ4v) is 0.939. The van der Waals surface area contributed by atoms with Crippen molar-refractivity contribution >= 4 is 6.16 Å². The van der Waals surface area contributed by atoms with E-state index in [1.165, 1.54) is 25.3 Å². The van der Waals surface area contributed by atoms with Crippen molar-refractivity contribution in [2.24, 2.45) is 5.73 Å². The molecule has 5 heteroatoms. The van der Waals surface area contributed by atoms with E-state index >= 15 is 0 Å². The molecule has 1 aromatic carbocycles. The first-order valence-corrected chi connectivity index (χ1v) is 3.91. The Morgan fingerprint density at radius 1 is 1.57 bits per heavy atom. The number of carbonyl (C=O) groups is 1. The van der Waals surface area contributed by atoms with Gasteiger partial charge in [-0.2, -0.15) is 0 Å². The van der Waals surface area contributed by atoms with E-state index in [-0.39, 0.29) is 12.3 Å². The molecule has 0 saturated carbocycles. The van der Waals surface area contributed by atoms with Crippen LogP contribution in [0.15, 0.2) is 18.2 Å². The monoisotopic (exact) mass is 199 g/mol. The molecule has 0 spiro atoms. The quantitative estimate of drug-likeness (QED) is 0.578. The standard InChI is InChI=1S/C9H10FNO3/c1-13-9(12)14-8-3-2-7(10)4-6(8)5-11/h2-4H,5,11H2,1H3. The van der Waals surface area contributed by atoms with Crippen molar-refractivity contribution in [1.29, 1.82) is 0 Å². The van der Waals surface area contributed by atoms with E-state index in [4.69, 9.17) is 10.5 Å². The Morgan fingerprint density at radius 2 is 2.29 bits per heavy atom. The maximum atomic E-state index is 12.7. The molecular formula is C9H10FNO3. The zero-order chi connectivity index (χ0) is 10.6. The number of benzene rings is 1. The van der Waals surface area contributed by atoms with Gasteiger partial charge in [0.15, 0.2) is 0 Å². The zero-order valence-corrected chi connectivity index (χ0v) is 7.62. The second-order valence-electron chi connectivity index (χ2n) is 2.51. The summed E-state index contributed by atoms with van der Waals surface area (Å²) >= 11 is 0. The minimum Gasteiger partial charge on any atom is -0.437 e. The number of rotatable bonds is 2. The summed E-state index contributed by atoms with van der Waals surface area (Å²) in [4.78, 5) is 10.8. The van der Waals surface area contributed by atoms with Crippen molar-refractivity contribution in [2.75, 3.05) is 7.11 Å². The molecule has 0 aliphatic heterocycles. The number of hydrogen-bond donors (Lipinski definition) is 1. The van der Waals surface area contributed by atoms with Crippen LogP contribution in [0.4, 0.5) is 9.18 Å². The van der Waals surface area contributed by atoms with Crippen LogP contribution in [0.2, 0.25) is 0 Å². The number of hydrogen-bond acceptors (Lipinski definition) is 4. The third-order valence-corrected chi connectivity index (χ3v) is 1.60. The highest BCUT2D eigenvalue weighted by Crippen LogP contribution is 2.19. The summed E-state index contributed by atoms with van der Waals surface area (Å²) in [6.45, 7) is 0.0874. The first-order valence-electron chi connectivity index (χ1n) is 3.91. The fraction of sp³-hybridized carbons (Fsp3) is 0.222. The normalized spacial score (nSPS) is 9.64. The highest BCUT2D eigenvalue weighted by Gasteiger charge is 2.08. The number of halogens is 1. The van der Waals surface area contributed by atoms with E-state index in [2.05, 4.69) is 4.74 Å². The summed E-state index contributed by atoms with van der Waals surface area (Å²) in [5.74, 6) is -0.219. The molecule has 1 aromatic rings. The molecule has 0 aromatic heterocycles. The molecular weight excluding hydrogens is 189 g/mol. The molecule has 2 N–H and O–H groups in total. The average Bonchev–Trinajstić information content (AvgIpc) is 2.20. The minimum absolute atomic E-state index is 0.0874. The summed E-state index contributed by atoms with van der Waals surface area (Å²) in [6, 6.07) is 3.71. The number of methoxy groups -OCH3 is 1. The highest BCUT2D eigenvalue weighted by molar-refractivity contribution is 5.64.